The maximum atomic E-state index is 12.7. The third kappa shape index (κ3) is 5.53. The number of esters is 1. The van der Waals surface area contributed by atoms with Crippen molar-refractivity contribution in [2.45, 2.75) is 13.0 Å². The molecule has 2 N–H and O–H groups in total. The molecule has 8 heteroatoms. The van der Waals surface area contributed by atoms with E-state index in [0.29, 0.717) is 29.9 Å². The maximum Gasteiger partial charge on any atom is 0.356 e. The number of nitrogens with zero attached hydrogens (tertiary/aromatic N) is 2. The predicted octanol–water partition coefficient (Wildman–Crippen LogP) is 3.11. The lowest BCUT2D eigenvalue weighted by Gasteiger charge is -2.34. The molecule has 2 heterocycles. The van der Waals surface area contributed by atoms with E-state index in [0.717, 1.165) is 38.1 Å². The summed E-state index contributed by atoms with van der Waals surface area (Å²) in [5, 5.41) is 3.65. The Hall–Kier alpha value is -3.36. The fraction of sp³-hybridized carbons (Fsp3) is 0.360. The molecule has 1 fully saturated rings. The number of hydrogen-bond donors (Lipinski definition) is 2. The fourth-order valence-electron chi connectivity index (χ4n) is 4.16. The average Bonchev–Trinajstić information content (AvgIpc) is 3.21. The number of carbonyl (C=O) groups is 2. The first-order valence-corrected chi connectivity index (χ1v) is 11.1. The van der Waals surface area contributed by atoms with Gasteiger partial charge in [0.15, 0.2) is 0 Å². The van der Waals surface area contributed by atoms with E-state index in [-0.39, 0.29) is 11.6 Å². The first-order chi connectivity index (χ1) is 16.1. The Morgan fingerprint density at radius 1 is 1.00 bits per heavy atom. The van der Waals surface area contributed by atoms with Crippen LogP contribution in [0, 0.1) is 0 Å². The first-order valence-electron chi connectivity index (χ1n) is 11.1. The predicted molar refractivity (Wildman–Crippen MR) is 128 cm³/mol. The van der Waals surface area contributed by atoms with Crippen LogP contribution in [0.5, 0.6) is 5.75 Å². The zero-order chi connectivity index (χ0) is 23.2. The molecular formula is C25H30N4O4. The van der Waals surface area contributed by atoms with Crippen molar-refractivity contribution in [3.05, 3.63) is 59.8 Å². The van der Waals surface area contributed by atoms with Crippen LogP contribution in [0.15, 0.2) is 48.5 Å². The van der Waals surface area contributed by atoms with Crippen molar-refractivity contribution in [3.63, 3.8) is 0 Å². The van der Waals surface area contributed by atoms with Crippen LogP contribution in [-0.2, 0) is 16.1 Å². The van der Waals surface area contributed by atoms with Gasteiger partial charge in [-0.15, -0.1) is 0 Å². The SMILES string of the molecule is COC(=O)c1[nH]c2cc(OC)ccc2c1NC(=O)CCN1CCN(Cc2ccccc2)CC1. The van der Waals surface area contributed by atoms with Crippen LogP contribution in [0.3, 0.4) is 0 Å². The monoisotopic (exact) mass is 450 g/mol. The van der Waals surface area contributed by atoms with E-state index in [4.69, 9.17) is 9.47 Å². The standard InChI is InChI=1S/C25H30N4O4/c1-32-19-8-9-20-21(16-19)26-24(25(31)33-2)23(20)27-22(30)10-11-28-12-14-29(15-13-28)17-18-6-4-3-5-7-18/h3-9,16,26H,10-15,17H2,1-2H3,(H,27,30). The number of piperazine rings is 1. The van der Waals surface area contributed by atoms with E-state index < -0.39 is 5.97 Å². The van der Waals surface area contributed by atoms with Crippen molar-refractivity contribution in [3.8, 4) is 5.75 Å². The first kappa shape index (κ1) is 22.8. The van der Waals surface area contributed by atoms with Crippen molar-refractivity contribution in [2.75, 3.05) is 52.3 Å². The summed E-state index contributed by atoms with van der Waals surface area (Å²) in [7, 11) is 2.90. The van der Waals surface area contributed by atoms with Gasteiger partial charge in [-0.25, -0.2) is 4.79 Å². The van der Waals surface area contributed by atoms with E-state index >= 15 is 0 Å². The molecule has 0 bridgehead atoms. The van der Waals surface area contributed by atoms with Crippen LogP contribution < -0.4 is 10.1 Å². The number of benzene rings is 2. The highest BCUT2D eigenvalue weighted by Crippen LogP contribution is 2.31. The zero-order valence-corrected chi connectivity index (χ0v) is 19.1. The van der Waals surface area contributed by atoms with Gasteiger partial charge >= 0.3 is 5.97 Å². The molecule has 0 radical (unpaired) electrons. The van der Waals surface area contributed by atoms with Crippen molar-refractivity contribution < 1.29 is 19.1 Å². The average molecular weight is 451 g/mol. The van der Waals surface area contributed by atoms with Gasteiger partial charge in [0.25, 0.3) is 0 Å². The summed E-state index contributed by atoms with van der Waals surface area (Å²) in [5.41, 5.74) is 2.68. The summed E-state index contributed by atoms with van der Waals surface area (Å²) in [6.07, 6.45) is 0.349. The third-order valence-corrected chi connectivity index (χ3v) is 6.03. The Balaban J connectivity index is 1.33. The highest BCUT2D eigenvalue weighted by atomic mass is 16.5. The van der Waals surface area contributed by atoms with Gasteiger partial charge in [-0.05, 0) is 17.7 Å². The number of aromatic nitrogens is 1. The van der Waals surface area contributed by atoms with E-state index in [9.17, 15) is 9.59 Å². The second kappa shape index (κ2) is 10.5. The lowest BCUT2D eigenvalue weighted by Crippen LogP contribution is -2.46. The Kier molecular flexibility index (Phi) is 7.26. The Morgan fingerprint density at radius 3 is 2.42 bits per heavy atom. The molecule has 0 spiro atoms. The fourth-order valence-corrected chi connectivity index (χ4v) is 4.16. The van der Waals surface area contributed by atoms with Gasteiger partial charge in [-0.2, -0.15) is 0 Å². The molecule has 174 valence electrons. The molecule has 8 nitrogen and oxygen atoms in total. The second-order valence-electron chi connectivity index (χ2n) is 8.18. The third-order valence-electron chi connectivity index (χ3n) is 6.03. The van der Waals surface area contributed by atoms with Gasteiger partial charge in [-0.1, -0.05) is 30.3 Å². The highest BCUT2D eigenvalue weighted by molar-refractivity contribution is 6.11. The minimum absolute atomic E-state index is 0.136. The number of nitrogens with one attached hydrogen (secondary N) is 2. The van der Waals surface area contributed by atoms with Crippen molar-refractivity contribution in [1.29, 1.82) is 0 Å². The van der Waals surface area contributed by atoms with Gasteiger partial charge < -0.3 is 24.7 Å². The maximum absolute atomic E-state index is 12.7. The molecule has 1 amide bonds. The topological polar surface area (TPSA) is 86.9 Å². The van der Waals surface area contributed by atoms with Gasteiger partial charge in [0.2, 0.25) is 5.91 Å². The van der Waals surface area contributed by atoms with Crippen LogP contribution in [0.2, 0.25) is 0 Å². The molecule has 3 aromatic rings. The number of amides is 1. The van der Waals surface area contributed by atoms with Crippen LogP contribution >= 0.6 is 0 Å². The summed E-state index contributed by atoms with van der Waals surface area (Å²) in [6.45, 7) is 5.45. The number of methoxy groups -OCH3 is 2. The number of H-pyrrole nitrogens is 1. The molecular weight excluding hydrogens is 420 g/mol. The Bertz CT molecular complexity index is 1100. The summed E-state index contributed by atoms with van der Waals surface area (Å²) in [5.74, 6) is -0.0111. The van der Waals surface area contributed by atoms with Crippen LogP contribution in [0.25, 0.3) is 10.9 Å². The normalized spacial score (nSPS) is 14.8. The number of aromatic amines is 1. The van der Waals surface area contributed by atoms with Crippen molar-refractivity contribution in [1.82, 2.24) is 14.8 Å². The van der Waals surface area contributed by atoms with E-state index in [1.807, 2.05) is 12.1 Å². The molecule has 1 aromatic heterocycles. The molecule has 2 aromatic carbocycles. The molecule has 1 aliphatic heterocycles. The molecule has 1 aliphatic rings. The smallest absolute Gasteiger partial charge is 0.356 e. The number of anilines is 1. The molecule has 0 unspecified atom stereocenters. The second-order valence-corrected chi connectivity index (χ2v) is 8.18. The molecule has 33 heavy (non-hydrogen) atoms. The highest BCUT2D eigenvalue weighted by Gasteiger charge is 2.22. The lowest BCUT2D eigenvalue weighted by atomic mass is 10.2. The van der Waals surface area contributed by atoms with E-state index in [2.05, 4.69) is 44.4 Å². The number of ether oxygens (including phenoxy) is 2. The number of rotatable bonds is 8. The minimum atomic E-state index is -0.532. The quantitative estimate of drug-likeness (QED) is 0.513. The van der Waals surface area contributed by atoms with Crippen LogP contribution in [0.1, 0.15) is 22.5 Å². The van der Waals surface area contributed by atoms with Crippen LogP contribution in [-0.4, -0.2) is 73.6 Å². The summed E-state index contributed by atoms with van der Waals surface area (Å²) < 4.78 is 10.1. The van der Waals surface area contributed by atoms with Gasteiger partial charge in [0.1, 0.15) is 11.4 Å². The largest absolute Gasteiger partial charge is 0.497 e. The molecule has 0 saturated carbocycles. The summed E-state index contributed by atoms with van der Waals surface area (Å²) in [6, 6.07) is 15.9. The summed E-state index contributed by atoms with van der Waals surface area (Å²) in [4.78, 5) is 32.8. The number of fused-ring (bicyclic) bond motifs is 1. The van der Waals surface area contributed by atoms with Crippen LogP contribution in [0.4, 0.5) is 5.69 Å². The molecule has 0 atom stereocenters. The van der Waals surface area contributed by atoms with Gasteiger partial charge in [-0.3, -0.25) is 9.69 Å². The van der Waals surface area contributed by atoms with Crippen molar-refractivity contribution >= 4 is 28.5 Å². The molecule has 4 rings (SSSR count). The Labute approximate surface area is 193 Å². The molecule has 0 aliphatic carbocycles. The van der Waals surface area contributed by atoms with E-state index in [1.165, 1.54) is 12.7 Å². The number of carbonyl (C=O) groups excluding carboxylic acids is 2. The Morgan fingerprint density at radius 2 is 1.73 bits per heavy atom. The van der Waals surface area contributed by atoms with Crippen molar-refractivity contribution in [2.24, 2.45) is 0 Å². The summed E-state index contributed by atoms with van der Waals surface area (Å²) >= 11 is 0. The van der Waals surface area contributed by atoms with Gasteiger partial charge in [0.05, 0.1) is 25.4 Å². The lowest BCUT2D eigenvalue weighted by molar-refractivity contribution is -0.116. The van der Waals surface area contributed by atoms with Gasteiger partial charge in [0, 0.05) is 57.1 Å². The zero-order valence-electron chi connectivity index (χ0n) is 19.1. The minimum Gasteiger partial charge on any atom is -0.497 e. The molecule has 1 saturated heterocycles. The number of hydrogen-bond acceptors (Lipinski definition) is 6. The van der Waals surface area contributed by atoms with E-state index in [1.54, 1.807) is 19.2 Å².